The van der Waals surface area contributed by atoms with Crippen molar-refractivity contribution in [3.63, 3.8) is 0 Å². The zero-order chi connectivity index (χ0) is 12.0. The van der Waals surface area contributed by atoms with Crippen LogP contribution in [0.5, 0.6) is 5.75 Å². The van der Waals surface area contributed by atoms with Gasteiger partial charge in [0.2, 0.25) is 0 Å². The largest absolute Gasteiger partial charge is 0.493 e. The quantitative estimate of drug-likeness (QED) is 0.556. The van der Waals surface area contributed by atoms with Crippen molar-refractivity contribution in [2.75, 3.05) is 6.61 Å². The number of rotatable bonds is 6. The number of hydrogen-bond acceptors (Lipinski definition) is 2. The Balaban J connectivity index is 2.67. The van der Waals surface area contributed by atoms with E-state index in [2.05, 4.69) is 6.92 Å². The van der Waals surface area contributed by atoms with Crippen molar-refractivity contribution < 1.29 is 9.53 Å². The number of carbonyl (C=O) groups excluding carboxylic acids is 1. The lowest BCUT2D eigenvalue weighted by atomic mass is 10.1. The topological polar surface area (TPSA) is 26.3 Å². The number of unbranched alkanes of at least 4 members (excludes halogenated alkanes) is 2. The van der Waals surface area contributed by atoms with E-state index in [1.54, 1.807) is 12.1 Å². The van der Waals surface area contributed by atoms with Gasteiger partial charge in [-0.3, -0.25) is 4.79 Å². The minimum absolute atomic E-state index is 0.457. The highest BCUT2D eigenvalue weighted by atomic mass is 35.5. The van der Waals surface area contributed by atoms with E-state index in [4.69, 9.17) is 16.3 Å². The molecule has 1 rings (SSSR count). The van der Waals surface area contributed by atoms with Crippen molar-refractivity contribution in [1.82, 2.24) is 0 Å². The first kappa shape index (κ1) is 13.0. The van der Waals surface area contributed by atoms with E-state index in [1.165, 1.54) is 0 Å². The fraction of sp³-hybridized carbons (Fsp3) is 0.462. The van der Waals surface area contributed by atoms with Gasteiger partial charge in [0.15, 0.2) is 0 Å². The minimum Gasteiger partial charge on any atom is -0.493 e. The van der Waals surface area contributed by atoms with Crippen molar-refractivity contribution in [2.24, 2.45) is 0 Å². The van der Waals surface area contributed by atoms with Gasteiger partial charge in [-0.2, -0.15) is 0 Å². The average Bonchev–Trinajstić information content (AvgIpc) is 2.26. The van der Waals surface area contributed by atoms with Crippen molar-refractivity contribution in [1.29, 1.82) is 0 Å². The molecule has 16 heavy (non-hydrogen) atoms. The maximum Gasteiger partial charge on any atom is 0.256 e. The van der Waals surface area contributed by atoms with Gasteiger partial charge in [0.25, 0.3) is 5.24 Å². The zero-order valence-electron chi connectivity index (χ0n) is 9.75. The number of ether oxygens (including phenoxy) is 1. The maximum atomic E-state index is 11.2. The fourth-order valence-corrected chi connectivity index (χ4v) is 1.61. The third kappa shape index (κ3) is 3.86. The number of benzene rings is 1. The van der Waals surface area contributed by atoms with Crippen LogP contribution >= 0.6 is 11.6 Å². The summed E-state index contributed by atoms with van der Waals surface area (Å²) in [4.78, 5) is 11.2. The van der Waals surface area contributed by atoms with Crippen LogP contribution < -0.4 is 4.74 Å². The Kier molecular flexibility index (Phi) is 5.33. The van der Waals surface area contributed by atoms with Crippen molar-refractivity contribution in [3.8, 4) is 5.75 Å². The number of carbonyl (C=O) groups is 1. The molecule has 0 spiro atoms. The summed E-state index contributed by atoms with van der Waals surface area (Å²) in [6.45, 7) is 4.69. The lowest BCUT2D eigenvalue weighted by molar-refractivity contribution is 0.107. The lowest BCUT2D eigenvalue weighted by Crippen LogP contribution is -2.02. The van der Waals surface area contributed by atoms with Crippen LogP contribution in [-0.2, 0) is 0 Å². The lowest BCUT2D eigenvalue weighted by Gasteiger charge is -2.09. The normalized spacial score (nSPS) is 10.2. The average molecular weight is 241 g/mol. The molecule has 0 aromatic heterocycles. The molecule has 0 saturated carbocycles. The highest BCUT2D eigenvalue weighted by molar-refractivity contribution is 6.68. The van der Waals surface area contributed by atoms with Crippen molar-refractivity contribution in [3.05, 3.63) is 29.3 Å². The summed E-state index contributed by atoms with van der Waals surface area (Å²) >= 11 is 5.50. The summed E-state index contributed by atoms with van der Waals surface area (Å²) in [5, 5.41) is -0.464. The number of aryl methyl sites for hydroxylation is 1. The Morgan fingerprint density at radius 1 is 1.38 bits per heavy atom. The third-order valence-corrected chi connectivity index (χ3v) is 2.56. The summed E-state index contributed by atoms with van der Waals surface area (Å²) in [6, 6.07) is 5.47. The Labute approximate surface area is 102 Å². The second kappa shape index (κ2) is 6.54. The molecule has 88 valence electrons. The van der Waals surface area contributed by atoms with Gasteiger partial charge in [-0.1, -0.05) is 31.4 Å². The second-order valence-electron chi connectivity index (χ2n) is 3.83. The first-order valence-electron chi connectivity index (χ1n) is 5.58. The van der Waals surface area contributed by atoms with Gasteiger partial charge in [-0.15, -0.1) is 0 Å². The van der Waals surface area contributed by atoms with E-state index in [1.807, 2.05) is 13.0 Å². The molecule has 2 nitrogen and oxygen atoms in total. The van der Waals surface area contributed by atoms with Crippen LogP contribution in [0.1, 0.15) is 42.1 Å². The molecule has 1 aromatic carbocycles. The summed E-state index contributed by atoms with van der Waals surface area (Å²) in [7, 11) is 0. The molecule has 0 N–H and O–H groups in total. The molecular formula is C13H17ClO2. The van der Waals surface area contributed by atoms with Crippen LogP contribution in [0.15, 0.2) is 18.2 Å². The van der Waals surface area contributed by atoms with Gasteiger partial charge in [0.1, 0.15) is 5.75 Å². The zero-order valence-corrected chi connectivity index (χ0v) is 10.5. The fourth-order valence-electron chi connectivity index (χ4n) is 1.46. The molecule has 0 heterocycles. The Morgan fingerprint density at radius 3 is 2.75 bits per heavy atom. The van der Waals surface area contributed by atoms with E-state index < -0.39 is 5.24 Å². The second-order valence-corrected chi connectivity index (χ2v) is 4.17. The minimum atomic E-state index is -0.464. The van der Waals surface area contributed by atoms with Crippen molar-refractivity contribution >= 4 is 16.8 Å². The molecule has 0 radical (unpaired) electrons. The van der Waals surface area contributed by atoms with E-state index in [-0.39, 0.29) is 0 Å². The van der Waals surface area contributed by atoms with E-state index in [9.17, 15) is 4.79 Å². The van der Waals surface area contributed by atoms with Crippen LogP contribution in [0.2, 0.25) is 0 Å². The Hall–Kier alpha value is -1.02. The molecule has 0 fully saturated rings. The first-order valence-corrected chi connectivity index (χ1v) is 5.96. The number of hydrogen-bond donors (Lipinski definition) is 0. The van der Waals surface area contributed by atoms with Crippen LogP contribution in [0, 0.1) is 6.92 Å². The third-order valence-electron chi connectivity index (χ3n) is 2.35. The molecule has 3 heteroatoms. The Morgan fingerprint density at radius 2 is 2.12 bits per heavy atom. The number of halogens is 1. The van der Waals surface area contributed by atoms with E-state index in [0.29, 0.717) is 17.9 Å². The molecule has 1 aromatic rings. The highest BCUT2D eigenvalue weighted by Gasteiger charge is 2.10. The highest BCUT2D eigenvalue weighted by Crippen LogP contribution is 2.22. The van der Waals surface area contributed by atoms with Crippen LogP contribution in [-0.4, -0.2) is 11.8 Å². The SMILES string of the molecule is CCCCCOc1ccc(C)cc1C(=O)Cl. The predicted octanol–water partition coefficient (Wildman–Crippen LogP) is 3.94. The molecule has 0 aliphatic heterocycles. The monoisotopic (exact) mass is 240 g/mol. The van der Waals surface area contributed by atoms with E-state index in [0.717, 1.165) is 24.8 Å². The van der Waals surface area contributed by atoms with Crippen LogP contribution in [0.4, 0.5) is 0 Å². The standard InChI is InChI=1S/C13H17ClO2/c1-3-4-5-8-16-12-7-6-10(2)9-11(12)13(14)15/h6-7,9H,3-5,8H2,1-2H3. The van der Waals surface area contributed by atoms with Gasteiger partial charge in [0, 0.05) is 0 Å². The van der Waals surface area contributed by atoms with E-state index >= 15 is 0 Å². The van der Waals surface area contributed by atoms with Gasteiger partial charge in [0.05, 0.1) is 12.2 Å². The van der Waals surface area contributed by atoms with Gasteiger partial charge < -0.3 is 4.74 Å². The van der Waals surface area contributed by atoms with Gasteiger partial charge >= 0.3 is 0 Å². The molecule has 0 aliphatic rings. The summed E-state index contributed by atoms with van der Waals surface area (Å²) < 4.78 is 5.55. The smallest absolute Gasteiger partial charge is 0.256 e. The summed E-state index contributed by atoms with van der Waals surface area (Å²) in [5.74, 6) is 0.585. The molecule has 0 bridgehead atoms. The molecular weight excluding hydrogens is 224 g/mol. The van der Waals surface area contributed by atoms with Crippen molar-refractivity contribution in [2.45, 2.75) is 33.1 Å². The molecule has 0 unspecified atom stereocenters. The van der Waals surface area contributed by atoms with Gasteiger partial charge in [-0.05, 0) is 37.1 Å². The molecule has 0 amide bonds. The Bertz CT molecular complexity index is 361. The maximum absolute atomic E-state index is 11.2. The molecule has 0 aliphatic carbocycles. The summed E-state index contributed by atoms with van der Waals surface area (Å²) in [6.07, 6.45) is 3.29. The van der Waals surface area contributed by atoms with Gasteiger partial charge in [-0.25, -0.2) is 0 Å². The molecule has 0 atom stereocenters. The summed E-state index contributed by atoms with van der Waals surface area (Å²) in [5.41, 5.74) is 1.46. The molecule has 0 saturated heterocycles. The van der Waals surface area contributed by atoms with Crippen LogP contribution in [0.25, 0.3) is 0 Å². The predicted molar refractivity (Wildman–Crippen MR) is 66.4 cm³/mol. The first-order chi connectivity index (χ1) is 7.65. The van der Waals surface area contributed by atoms with Crippen LogP contribution in [0.3, 0.4) is 0 Å².